The molecule has 4 heavy (non-hydrogen) atoms. The Morgan fingerprint density at radius 1 is 2.00 bits per heavy atom. The summed E-state index contributed by atoms with van der Waals surface area (Å²) in [4.78, 5) is 0. The van der Waals surface area contributed by atoms with E-state index < -0.39 is 0 Å². The van der Waals surface area contributed by atoms with Crippen LogP contribution in [0, 0.1) is 0 Å². The topological polar surface area (TPSA) is 0 Å². The molecule has 0 aromatic heterocycles. The van der Waals surface area contributed by atoms with E-state index in [0.717, 1.165) is 0 Å². The highest BCUT2D eigenvalue weighted by atomic mass is 127. The molecule has 0 unspecified atom stereocenters. The fourth-order valence-corrected chi connectivity index (χ4v) is 0.259. The van der Waals surface area contributed by atoms with Crippen LogP contribution < -0.4 is 0 Å². The molecule has 1 aliphatic carbocycles. The monoisotopic (exact) mass is 166 g/mol. The van der Waals surface area contributed by atoms with Crippen molar-refractivity contribution in [3.63, 3.8) is 0 Å². The lowest BCUT2D eigenvalue weighted by Gasteiger charge is -1.43. The van der Waals surface area contributed by atoms with Crippen molar-refractivity contribution in [1.82, 2.24) is 0 Å². The third-order valence-corrected chi connectivity index (χ3v) is 1.24. The molecule has 0 aliphatic heterocycles. The molecule has 0 aromatic rings. The van der Waals surface area contributed by atoms with E-state index in [-0.39, 0.29) is 0 Å². The number of rotatable bonds is 0. The fraction of sp³-hybridized carbons (Fsp3) is 0.333. The second-order valence-corrected chi connectivity index (χ2v) is 2.24. The smallest absolute Gasteiger partial charge is 0.00318 e. The van der Waals surface area contributed by atoms with Gasteiger partial charge in [-0.2, -0.15) is 0 Å². The largest absolute Gasteiger partial charge is 0.0701 e. The fourth-order valence-electron chi connectivity index (χ4n) is 0.0386. The Hall–Kier alpha value is 0.470. The van der Waals surface area contributed by atoms with Gasteiger partial charge in [-0.3, -0.25) is 0 Å². The van der Waals surface area contributed by atoms with Gasteiger partial charge in [-0.05, 0) is 32.6 Å². The van der Waals surface area contributed by atoms with E-state index in [9.17, 15) is 0 Å². The zero-order chi connectivity index (χ0) is 2.99. The summed E-state index contributed by atoms with van der Waals surface area (Å²) in [5, 5.41) is 0. The molecular formula is C3H3I. The van der Waals surface area contributed by atoms with Crippen molar-refractivity contribution in [1.29, 1.82) is 0 Å². The Labute approximate surface area is 39.0 Å². The van der Waals surface area contributed by atoms with Gasteiger partial charge >= 0.3 is 0 Å². The van der Waals surface area contributed by atoms with E-state index in [1.54, 1.807) is 0 Å². The maximum absolute atomic E-state index is 2.32. The molecular weight excluding hydrogens is 163 g/mol. The zero-order valence-corrected chi connectivity index (χ0v) is 4.32. The van der Waals surface area contributed by atoms with Crippen LogP contribution in [0.3, 0.4) is 0 Å². The summed E-state index contributed by atoms with van der Waals surface area (Å²) >= 11 is 2.32. The molecule has 0 atom stereocenters. The summed E-state index contributed by atoms with van der Waals surface area (Å²) in [5.74, 6) is 0. The van der Waals surface area contributed by atoms with Gasteiger partial charge in [-0.15, -0.1) is 0 Å². The van der Waals surface area contributed by atoms with Gasteiger partial charge in [-0.25, -0.2) is 0 Å². The van der Waals surface area contributed by atoms with Crippen LogP contribution in [0.5, 0.6) is 0 Å². The second kappa shape index (κ2) is 0.708. The molecule has 0 heterocycles. The number of allylic oxidation sites excluding steroid dienone is 2. The Bertz CT molecular complexity index is 54.3. The molecule has 1 heteroatoms. The van der Waals surface area contributed by atoms with E-state index in [1.807, 2.05) is 0 Å². The summed E-state index contributed by atoms with van der Waals surface area (Å²) in [6.07, 6.45) is 3.46. The zero-order valence-electron chi connectivity index (χ0n) is 2.16. The first-order valence-corrected chi connectivity index (χ1v) is 2.32. The van der Waals surface area contributed by atoms with E-state index in [2.05, 4.69) is 28.7 Å². The predicted octanol–water partition coefficient (Wildman–Crippen LogP) is 1.71. The van der Waals surface area contributed by atoms with Crippen molar-refractivity contribution < 1.29 is 0 Å². The van der Waals surface area contributed by atoms with Gasteiger partial charge in [0.15, 0.2) is 0 Å². The van der Waals surface area contributed by atoms with Gasteiger partial charge in [0, 0.05) is 0 Å². The maximum Gasteiger partial charge on any atom is -0.00318 e. The standard InChI is InChI=1S/C3H3I/c4-3-1-2-3/h1H,2H2. The first-order valence-electron chi connectivity index (χ1n) is 1.24. The molecule has 0 radical (unpaired) electrons. The van der Waals surface area contributed by atoms with Crippen LogP contribution in [0.25, 0.3) is 0 Å². The van der Waals surface area contributed by atoms with Crippen molar-refractivity contribution in [3.05, 3.63) is 9.66 Å². The van der Waals surface area contributed by atoms with Crippen LogP contribution >= 0.6 is 22.6 Å². The average Bonchev–Trinajstić information content (AvgIpc) is 1.75. The average molecular weight is 166 g/mol. The first kappa shape index (κ1) is 2.69. The molecule has 1 rings (SSSR count). The predicted molar refractivity (Wildman–Crippen MR) is 26.7 cm³/mol. The van der Waals surface area contributed by atoms with Crippen LogP contribution in [-0.2, 0) is 0 Å². The molecule has 0 saturated carbocycles. The minimum atomic E-state index is 1.26. The van der Waals surface area contributed by atoms with Crippen molar-refractivity contribution in [3.8, 4) is 0 Å². The minimum Gasteiger partial charge on any atom is -0.0701 e. The molecule has 22 valence electrons. The van der Waals surface area contributed by atoms with E-state index in [0.29, 0.717) is 0 Å². The first-order chi connectivity index (χ1) is 1.89. The van der Waals surface area contributed by atoms with E-state index >= 15 is 0 Å². The van der Waals surface area contributed by atoms with Crippen molar-refractivity contribution in [2.24, 2.45) is 0 Å². The summed E-state index contributed by atoms with van der Waals surface area (Å²) in [6, 6.07) is 0. The number of hydrogen-bond acceptors (Lipinski definition) is 0. The molecule has 0 N–H and O–H groups in total. The number of hydrogen-bond donors (Lipinski definition) is 0. The van der Waals surface area contributed by atoms with Crippen molar-refractivity contribution in [2.75, 3.05) is 0 Å². The summed E-state index contributed by atoms with van der Waals surface area (Å²) in [5.41, 5.74) is 0. The quantitative estimate of drug-likeness (QED) is 0.480. The Balaban J connectivity index is 2.54. The van der Waals surface area contributed by atoms with E-state index in [1.165, 1.54) is 10.0 Å². The minimum absolute atomic E-state index is 1.26. The van der Waals surface area contributed by atoms with Crippen LogP contribution in [0.1, 0.15) is 6.42 Å². The second-order valence-electron chi connectivity index (χ2n) is 0.855. The lowest BCUT2D eigenvalue weighted by Crippen LogP contribution is -1.13. The van der Waals surface area contributed by atoms with E-state index in [4.69, 9.17) is 0 Å². The maximum atomic E-state index is 2.32. The summed E-state index contributed by atoms with van der Waals surface area (Å²) < 4.78 is 1.51. The Morgan fingerprint density at radius 2 is 2.25 bits per heavy atom. The Kier molecular flexibility index (Phi) is 0.476. The van der Waals surface area contributed by atoms with Gasteiger partial charge < -0.3 is 0 Å². The van der Waals surface area contributed by atoms with Crippen molar-refractivity contribution in [2.45, 2.75) is 6.42 Å². The molecule has 0 spiro atoms. The lowest BCUT2D eigenvalue weighted by molar-refractivity contribution is 1.70. The van der Waals surface area contributed by atoms with Crippen LogP contribution in [0.15, 0.2) is 9.66 Å². The Morgan fingerprint density at radius 3 is 2.25 bits per heavy atom. The van der Waals surface area contributed by atoms with Gasteiger partial charge in [0.05, 0.1) is 0 Å². The molecule has 0 aromatic carbocycles. The lowest BCUT2D eigenvalue weighted by atomic mass is 10.9. The molecule has 0 bridgehead atoms. The summed E-state index contributed by atoms with van der Waals surface area (Å²) in [6.45, 7) is 0. The molecule has 0 saturated heterocycles. The highest BCUT2D eigenvalue weighted by molar-refractivity contribution is 14.1. The van der Waals surface area contributed by atoms with Crippen LogP contribution in [-0.4, -0.2) is 0 Å². The van der Waals surface area contributed by atoms with Gasteiger partial charge in [0.2, 0.25) is 0 Å². The van der Waals surface area contributed by atoms with Gasteiger partial charge in [-0.1, -0.05) is 6.08 Å². The van der Waals surface area contributed by atoms with Crippen LogP contribution in [0.4, 0.5) is 0 Å². The molecule has 1 aliphatic rings. The third-order valence-electron chi connectivity index (χ3n) is 0.358. The number of halogens is 1. The van der Waals surface area contributed by atoms with Gasteiger partial charge in [0.25, 0.3) is 0 Å². The summed E-state index contributed by atoms with van der Waals surface area (Å²) in [7, 11) is 0. The third kappa shape index (κ3) is 0.443. The molecule has 0 amide bonds. The molecule has 0 fully saturated rings. The normalized spacial score (nSPS) is 19.8. The highest BCUT2D eigenvalue weighted by Gasteiger charge is 1.96. The SMILES string of the molecule is IC1=CC1. The molecule has 0 nitrogen and oxygen atoms in total. The highest BCUT2D eigenvalue weighted by Crippen LogP contribution is 2.24. The van der Waals surface area contributed by atoms with Crippen LogP contribution in [0.2, 0.25) is 0 Å². The van der Waals surface area contributed by atoms with Gasteiger partial charge in [0.1, 0.15) is 0 Å². The van der Waals surface area contributed by atoms with Crippen molar-refractivity contribution >= 4 is 22.6 Å².